The Morgan fingerprint density at radius 3 is 2.66 bits per heavy atom. The quantitative estimate of drug-likeness (QED) is 0.318. The zero-order valence-electron chi connectivity index (χ0n) is 21.1. The van der Waals surface area contributed by atoms with Crippen molar-refractivity contribution in [1.29, 1.82) is 0 Å². The van der Waals surface area contributed by atoms with Gasteiger partial charge in [-0.05, 0) is 62.7 Å². The highest BCUT2D eigenvalue weighted by atomic mass is 35.5. The molecule has 7 nitrogen and oxygen atoms in total. The third-order valence-electron chi connectivity index (χ3n) is 6.68. The number of aromatic nitrogens is 3. The number of carbonyl (C=O) groups excluding carboxylic acids is 1. The standard InChI is InChI=1S/C28H27ClF2N4O3/c1-16(36)28(30,31)18-6-4-17(5-7-18)12-26(37)32-20-9-10-23-22(14-20)33-34-35(23)24-15-27(2,3)38-25-11-8-19(29)13-21(24)25/h4-11,13-14,16,24,36H,12,15H2,1-3H3,(H,32,37). The number of ether oxygens (including phenoxy) is 1. The van der Waals surface area contributed by atoms with Gasteiger partial charge in [-0.3, -0.25) is 4.79 Å². The van der Waals surface area contributed by atoms with Crippen molar-refractivity contribution in [2.75, 3.05) is 5.32 Å². The summed E-state index contributed by atoms with van der Waals surface area (Å²) in [5.74, 6) is -2.91. The molecule has 10 heteroatoms. The van der Waals surface area contributed by atoms with Crippen LogP contribution < -0.4 is 10.1 Å². The SMILES string of the molecule is CC(O)C(F)(F)c1ccc(CC(=O)Nc2ccc3c(c2)nnn3C2CC(C)(C)Oc3ccc(Cl)cc32)cc1. The maximum absolute atomic E-state index is 14.0. The summed E-state index contributed by atoms with van der Waals surface area (Å²) in [6, 6.07) is 16.1. The molecule has 2 atom stereocenters. The van der Waals surface area contributed by atoms with E-state index in [4.69, 9.17) is 16.3 Å². The van der Waals surface area contributed by atoms with Crippen molar-refractivity contribution >= 4 is 34.2 Å². The Balaban J connectivity index is 1.33. The summed E-state index contributed by atoms with van der Waals surface area (Å²) < 4.78 is 36.0. The van der Waals surface area contributed by atoms with Gasteiger partial charge in [-0.2, -0.15) is 8.78 Å². The topological polar surface area (TPSA) is 89.3 Å². The summed E-state index contributed by atoms with van der Waals surface area (Å²) in [5.41, 5.74) is 2.73. The average Bonchev–Trinajstić information content (AvgIpc) is 3.27. The van der Waals surface area contributed by atoms with E-state index in [2.05, 4.69) is 15.6 Å². The number of fused-ring (bicyclic) bond motifs is 2. The van der Waals surface area contributed by atoms with Gasteiger partial charge in [0.1, 0.15) is 23.0 Å². The lowest BCUT2D eigenvalue weighted by Crippen LogP contribution is -2.37. The van der Waals surface area contributed by atoms with E-state index in [1.807, 2.05) is 36.7 Å². The van der Waals surface area contributed by atoms with E-state index in [9.17, 15) is 18.7 Å². The molecule has 0 saturated heterocycles. The lowest BCUT2D eigenvalue weighted by atomic mass is 9.89. The third kappa shape index (κ3) is 5.08. The van der Waals surface area contributed by atoms with Gasteiger partial charge in [-0.1, -0.05) is 41.1 Å². The molecule has 0 radical (unpaired) electrons. The molecular formula is C28H27ClF2N4O3. The first-order valence-corrected chi connectivity index (χ1v) is 12.6. The number of nitrogens with zero attached hydrogens (tertiary/aromatic N) is 3. The number of hydrogen-bond donors (Lipinski definition) is 2. The lowest BCUT2D eigenvalue weighted by molar-refractivity contribution is -0.115. The van der Waals surface area contributed by atoms with Gasteiger partial charge in [-0.25, -0.2) is 4.68 Å². The van der Waals surface area contributed by atoms with E-state index in [1.54, 1.807) is 18.2 Å². The summed E-state index contributed by atoms with van der Waals surface area (Å²) >= 11 is 6.28. The summed E-state index contributed by atoms with van der Waals surface area (Å²) in [5, 5.41) is 21.5. The van der Waals surface area contributed by atoms with Crippen LogP contribution in [0, 0.1) is 0 Å². The van der Waals surface area contributed by atoms with Crippen LogP contribution in [0.2, 0.25) is 5.02 Å². The number of aliphatic hydroxyl groups excluding tert-OH is 1. The van der Waals surface area contributed by atoms with Crippen LogP contribution in [-0.2, 0) is 17.1 Å². The number of amides is 1. The molecule has 198 valence electrons. The maximum Gasteiger partial charge on any atom is 0.298 e. The first kappa shape index (κ1) is 26.1. The van der Waals surface area contributed by atoms with Crippen molar-refractivity contribution in [1.82, 2.24) is 15.0 Å². The molecule has 0 fully saturated rings. The van der Waals surface area contributed by atoms with E-state index in [1.165, 1.54) is 24.3 Å². The normalized spacial score (nSPS) is 17.5. The largest absolute Gasteiger partial charge is 0.487 e. The molecule has 1 aromatic heterocycles. The first-order chi connectivity index (χ1) is 17.9. The van der Waals surface area contributed by atoms with Crippen molar-refractivity contribution in [3.05, 3.63) is 82.4 Å². The fourth-order valence-corrected chi connectivity index (χ4v) is 4.91. The van der Waals surface area contributed by atoms with Crippen LogP contribution >= 0.6 is 11.6 Å². The van der Waals surface area contributed by atoms with Crippen LogP contribution in [0.5, 0.6) is 5.75 Å². The number of benzene rings is 3. The number of aliphatic hydroxyl groups is 1. The summed E-state index contributed by atoms with van der Waals surface area (Å²) in [6.07, 6.45) is -1.14. The molecule has 2 heterocycles. The van der Waals surface area contributed by atoms with Gasteiger partial charge in [0.15, 0.2) is 0 Å². The van der Waals surface area contributed by atoms with Gasteiger partial charge in [0.05, 0.1) is 18.0 Å². The average molecular weight is 541 g/mol. The molecule has 1 amide bonds. The van der Waals surface area contributed by atoms with E-state index >= 15 is 0 Å². The minimum Gasteiger partial charge on any atom is -0.487 e. The number of halogens is 3. The molecular weight excluding hydrogens is 514 g/mol. The fourth-order valence-electron chi connectivity index (χ4n) is 4.73. The summed E-state index contributed by atoms with van der Waals surface area (Å²) in [6.45, 7) is 5.09. The second-order valence-corrected chi connectivity index (χ2v) is 10.7. The molecule has 0 aliphatic carbocycles. The van der Waals surface area contributed by atoms with Gasteiger partial charge in [-0.15, -0.1) is 5.10 Å². The van der Waals surface area contributed by atoms with Crippen molar-refractivity contribution < 1.29 is 23.4 Å². The van der Waals surface area contributed by atoms with Gasteiger partial charge in [0.25, 0.3) is 5.92 Å². The molecule has 5 rings (SSSR count). The molecule has 4 aromatic rings. The van der Waals surface area contributed by atoms with Gasteiger partial charge in [0, 0.05) is 28.3 Å². The lowest BCUT2D eigenvalue weighted by Gasteiger charge is -2.37. The van der Waals surface area contributed by atoms with Gasteiger partial charge < -0.3 is 15.2 Å². The number of hydrogen-bond acceptors (Lipinski definition) is 5. The molecule has 0 spiro atoms. The second kappa shape index (κ2) is 9.63. The van der Waals surface area contributed by atoms with Crippen molar-refractivity contribution in [3.63, 3.8) is 0 Å². The second-order valence-electron chi connectivity index (χ2n) is 10.2. The molecule has 3 aromatic carbocycles. The van der Waals surface area contributed by atoms with Crippen molar-refractivity contribution in [3.8, 4) is 5.75 Å². The minimum atomic E-state index is -3.36. The maximum atomic E-state index is 14.0. The predicted molar refractivity (Wildman–Crippen MR) is 141 cm³/mol. The molecule has 2 N–H and O–H groups in total. The Bertz CT molecular complexity index is 1500. The zero-order chi connectivity index (χ0) is 27.2. The highest BCUT2D eigenvalue weighted by Crippen LogP contribution is 2.43. The smallest absolute Gasteiger partial charge is 0.298 e. The summed E-state index contributed by atoms with van der Waals surface area (Å²) in [4.78, 5) is 12.6. The predicted octanol–water partition coefficient (Wildman–Crippen LogP) is 5.89. The fraction of sp³-hybridized carbons (Fsp3) is 0.321. The summed E-state index contributed by atoms with van der Waals surface area (Å²) in [7, 11) is 0. The van der Waals surface area contributed by atoms with E-state index in [0.29, 0.717) is 28.2 Å². The number of nitrogens with one attached hydrogen (secondary N) is 1. The Hall–Kier alpha value is -3.56. The van der Waals surface area contributed by atoms with E-state index < -0.39 is 17.6 Å². The van der Waals surface area contributed by atoms with Crippen molar-refractivity contribution in [2.45, 2.75) is 57.3 Å². The number of carbonyl (C=O) groups is 1. The monoisotopic (exact) mass is 540 g/mol. The molecule has 1 aliphatic heterocycles. The van der Waals surface area contributed by atoms with E-state index in [0.717, 1.165) is 23.8 Å². The highest BCUT2D eigenvalue weighted by Gasteiger charge is 2.37. The Kier molecular flexibility index (Phi) is 6.61. The number of anilines is 1. The number of rotatable bonds is 6. The van der Waals surface area contributed by atoms with Crippen molar-refractivity contribution in [2.24, 2.45) is 0 Å². The Morgan fingerprint density at radius 1 is 1.21 bits per heavy atom. The third-order valence-corrected chi connectivity index (χ3v) is 6.92. The molecule has 0 saturated carbocycles. The van der Waals surface area contributed by atoms with Crippen LogP contribution in [0.4, 0.5) is 14.5 Å². The first-order valence-electron chi connectivity index (χ1n) is 12.2. The van der Waals surface area contributed by atoms with Gasteiger partial charge >= 0.3 is 0 Å². The van der Waals surface area contributed by atoms with Crippen LogP contribution in [0.1, 0.15) is 49.9 Å². The minimum absolute atomic E-state index is 0.0000419. The Labute approximate surface area is 223 Å². The van der Waals surface area contributed by atoms with Crippen LogP contribution in [0.15, 0.2) is 60.7 Å². The molecule has 1 aliphatic rings. The highest BCUT2D eigenvalue weighted by molar-refractivity contribution is 6.30. The Morgan fingerprint density at radius 2 is 1.95 bits per heavy atom. The zero-order valence-corrected chi connectivity index (χ0v) is 21.8. The number of alkyl halides is 2. The van der Waals surface area contributed by atoms with Gasteiger partial charge in [0.2, 0.25) is 5.91 Å². The van der Waals surface area contributed by atoms with E-state index in [-0.39, 0.29) is 23.9 Å². The molecule has 2 unspecified atom stereocenters. The molecule has 38 heavy (non-hydrogen) atoms. The molecule has 0 bridgehead atoms. The van der Waals surface area contributed by atoms with Crippen LogP contribution in [-0.4, -0.2) is 37.7 Å². The van der Waals surface area contributed by atoms with Crippen LogP contribution in [0.25, 0.3) is 11.0 Å². The van der Waals surface area contributed by atoms with Crippen LogP contribution in [0.3, 0.4) is 0 Å².